The first-order valence-corrected chi connectivity index (χ1v) is 7.53. The van der Waals surface area contributed by atoms with Crippen molar-refractivity contribution in [2.45, 2.75) is 71.1 Å². The van der Waals surface area contributed by atoms with Crippen LogP contribution in [-0.4, -0.2) is 40.9 Å². The summed E-state index contributed by atoms with van der Waals surface area (Å²) in [7, 11) is 0. The van der Waals surface area contributed by atoms with E-state index in [1.165, 1.54) is 0 Å². The van der Waals surface area contributed by atoms with Crippen molar-refractivity contribution in [3.05, 3.63) is 0 Å². The van der Waals surface area contributed by atoms with E-state index in [0.29, 0.717) is 5.92 Å². The molecule has 2 rings (SSSR count). The monoisotopic (exact) mass is 272 g/mol. The van der Waals surface area contributed by atoms with Crippen LogP contribution in [0.15, 0.2) is 0 Å². The number of hydrogen-bond donors (Lipinski definition) is 2. The van der Waals surface area contributed by atoms with Gasteiger partial charge in [0.2, 0.25) is 0 Å². The molecule has 1 aliphatic heterocycles. The Labute approximate surface area is 116 Å². The number of hydrogen-bond acceptors (Lipinski definition) is 4. The topological polar surface area (TPSA) is 58.9 Å². The van der Waals surface area contributed by atoms with Gasteiger partial charge in [-0.15, -0.1) is 0 Å². The van der Waals surface area contributed by atoms with Gasteiger partial charge in [0.1, 0.15) is 6.10 Å². The summed E-state index contributed by atoms with van der Waals surface area (Å²) in [5, 5.41) is 20.5. The van der Waals surface area contributed by atoms with Crippen molar-refractivity contribution in [3.8, 4) is 0 Å². The first kappa shape index (κ1) is 15.2. The molecule has 2 fully saturated rings. The van der Waals surface area contributed by atoms with Crippen LogP contribution in [0.25, 0.3) is 0 Å². The average Bonchev–Trinajstić information content (AvgIpc) is 2.39. The molecule has 1 saturated heterocycles. The number of ether oxygens (including phenoxy) is 2. The third-order valence-corrected chi connectivity index (χ3v) is 4.64. The summed E-state index contributed by atoms with van der Waals surface area (Å²) in [4.78, 5) is 0. The van der Waals surface area contributed by atoms with Crippen molar-refractivity contribution < 1.29 is 19.7 Å². The fraction of sp³-hybridized carbons (Fsp3) is 1.00. The van der Waals surface area contributed by atoms with Gasteiger partial charge >= 0.3 is 0 Å². The van der Waals surface area contributed by atoms with E-state index in [9.17, 15) is 10.2 Å². The summed E-state index contributed by atoms with van der Waals surface area (Å²) < 4.78 is 12.1. The Morgan fingerprint density at radius 2 is 1.58 bits per heavy atom. The minimum Gasteiger partial charge on any atom is -0.396 e. The standard InChI is InChI=1S/C15H28O4/c1-9-5-10(2)14(17)15(13(6-9)8-16)18-11(3)7-12(4)19-15/h9-14,16-17H,5-8H2,1-4H3/t9-,10+,11-,12+,13+,14-,15?/m0/s1. The average molecular weight is 272 g/mol. The Kier molecular flexibility index (Phi) is 4.56. The van der Waals surface area contributed by atoms with Crippen molar-refractivity contribution in [1.82, 2.24) is 0 Å². The summed E-state index contributed by atoms with van der Waals surface area (Å²) in [6, 6.07) is 0. The molecule has 1 aliphatic carbocycles. The highest BCUT2D eigenvalue weighted by atomic mass is 16.7. The van der Waals surface area contributed by atoms with Crippen LogP contribution < -0.4 is 0 Å². The van der Waals surface area contributed by atoms with Crippen molar-refractivity contribution >= 4 is 0 Å². The molecule has 0 aromatic carbocycles. The Hall–Kier alpha value is -0.160. The summed E-state index contributed by atoms with van der Waals surface area (Å²) in [5.41, 5.74) is 0. The molecule has 0 aromatic rings. The summed E-state index contributed by atoms with van der Waals surface area (Å²) in [6.45, 7) is 8.23. The van der Waals surface area contributed by atoms with Gasteiger partial charge in [-0.1, -0.05) is 13.8 Å². The van der Waals surface area contributed by atoms with Crippen LogP contribution in [0.3, 0.4) is 0 Å². The Bertz CT molecular complexity index is 297. The zero-order chi connectivity index (χ0) is 14.2. The maximum Gasteiger partial charge on any atom is 0.200 e. The van der Waals surface area contributed by atoms with Gasteiger partial charge in [-0.05, 0) is 44.9 Å². The third kappa shape index (κ3) is 2.82. The molecule has 2 N–H and O–H groups in total. The Balaban J connectivity index is 2.35. The van der Waals surface area contributed by atoms with Crippen LogP contribution in [0.5, 0.6) is 0 Å². The molecule has 1 saturated carbocycles. The lowest BCUT2D eigenvalue weighted by Crippen LogP contribution is -2.61. The molecule has 7 atom stereocenters. The number of aliphatic hydroxyl groups excluding tert-OH is 2. The maximum atomic E-state index is 10.7. The Morgan fingerprint density at radius 1 is 1.00 bits per heavy atom. The van der Waals surface area contributed by atoms with Gasteiger partial charge < -0.3 is 19.7 Å². The minimum atomic E-state index is -1.03. The molecule has 0 aromatic heterocycles. The van der Waals surface area contributed by atoms with Crippen LogP contribution >= 0.6 is 0 Å². The van der Waals surface area contributed by atoms with E-state index in [4.69, 9.17) is 9.47 Å². The molecular weight excluding hydrogens is 244 g/mol. The Morgan fingerprint density at radius 3 is 2.11 bits per heavy atom. The third-order valence-electron chi connectivity index (χ3n) is 4.64. The van der Waals surface area contributed by atoms with E-state index in [-0.39, 0.29) is 30.7 Å². The van der Waals surface area contributed by atoms with E-state index in [1.54, 1.807) is 0 Å². The lowest BCUT2D eigenvalue weighted by atomic mass is 9.87. The molecule has 1 spiro atoms. The second-order valence-electron chi connectivity index (χ2n) is 6.69. The van der Waals surface area contributed by atoms with Crippen molar-refractivity contribution in [3.63, 3.8) is 0 Å². The predicted molar refractivity (Wildman–Crippen MR) is 72.6 cm³/mol. The fourth-order valence-corrected chi connectivity index (χ4v) is 3.90. The number of aliphatic hydroxyl groups is 2. The predicted octanol–water partition coefficient (Wildman–Crippen LogP) is 1.93. The van der Waals surface area contributed by atoms with Crippen molar-refractivity contribution in [2.75, 3.05) is 6.61 Å². The van der Waals surface area contributed by atoms with Crippen LogP contribution in [0.2, 0.25) is 0 Å². The van der Waals surface area contributed by atoms with Crippen molar-refractivity contribution in [2.24, 2.45) is 17.8 Å². The minimum absolute atomic E-state index is 0.00639. The SMILES string of the molecule is C[C@@H]1C[C@H](CO)C2(O[C@H](C)C[C@H](C)O2)[C@@H](O)[C@H](C)C1. The van der Waals surface area contributed by atoms with E-state index >= 15 is 0 Å². The van der Waals surface area contributed by atoms with Crippen LogP contribution in [0.1, 0.15) is 47.0 Å². The van der Waals surface area contributed by atoms with Gasteiger partial charge in [-0.2, -0.15) is 0 Å². The zero-order valence-electron chi connectivity index (χ0n) is 12.5. The zero-order valence-corrected chi connectivity index (χ0v) is 12.5. The van der Waals surface area contributed by atoms with Crippen LogP contribution in [0, 0.1) is 17.8 Å². The van der Waals surface area contributed by atoms with E-state index in [0.717, 1.165) is 19.3 Å². The van der Waals surface area contributed by atoms with E-state index in [1.807, 2.05) is 20.8 Å². The second kappa shape index (κ2) is 5.68. The van der Waals surface area contributed by atoms with E-state index in [2.05, 4.69) is 6.92 Å². The molecule has 2 aliphatic rings. The molecule has 0 amide bonds. The largest absolute Gasteiger partial charge is 0.396 e. The van der Waals surface area contributed by atoms with Crippen LogP contribution in [0.4, 0.5) is 0 Å². The second-order valence-corrected chi connectivity index (χ2v) is 6.69. The molecule has 1 heterocycles. The molecule has 0 radical (unpaired) electrons. The van der Waals surface area contributed by atoms with Gasteiger partial charge in [0.15, 0.2) is 5.79 Å². The van der Waals surface area contributed by atoms with Crippen LogP contribution in [-0.2, 0) is 9.47 Å². The maximum absolute atomic E-state index is 10.7. The van der Waals surface area contributed by atoms with Gasteiger partial charge in [0.25, 0.3) is 0 Å². The molecule has 112 valence electrons. The quantitative estimate of drug-likeness (QED) is 0.766. The lowest BCUT2D eigenvalue weighted by Gasteiger charge is -2.49. The summed E-state index contributed by atoms with van der Waals surface area (Å²) in [6.07, 6.45) is 2.02. The summed E-state index contributed by atoms with van der Waals surface area (Å²) >= 11 is 0. The summed E-state index contributed by atoms with van der Waals surface area (Å²) in [5.74, 6) is -0.617. The first-order valence-electron chi connectivity index (χ1n) is 7.53. The smallest absolute Gasteiger partial charge is 0.200 e. The van der Waals surface area contributed by atoms with Gasteiger partial charge in [0, 0.05) is 5.92 Å². The molecule has 19 heavy (non-hydrogen) atoms. The molecular formula is C15H28O4. The van der Waals surface area contributed by atoms with E-state index < -0.39 is 11.9 Å². The molecule has 4 nitrogen and oxygen atoms in total. The van der Waals surface area contributed by atoms with Gasteiger partial charge in [-0.3, -0.25) is 0 Å². The first-order chi connectivity index (χ1) is 8.89. The number of rotatable bonds is 1. The fourth-order valence-electron chi connectivity index (χ4n) is 3.90. The molecule has 0 bridgehead atoms. The highest BCUT2D eigenvalue weighted by Crippen LogP contribution is 2.45. The normalized spacial score (nSPS) is 52.1. The lowest BCUT2D eigenvalue weighted by molar-refractivity contribution is -0.373. The van der Waals surface area contributed by atoms with Gasteiger partial charge in [-0.25, -0.2) is 0 Å². The molecule has 1 unspecified atom stereocenters. The highest BCUT2D eigenvalue weighted by molar-refractivity contribution is 4.96. The van der Waals surface area contributed by atoms with Gasteiger partial charge in [0.05, 0.1) is 18.8 Å². The highest BCUT2D eigenvalue weighted by Gasteiger charge is 2.55. The van der Waals surface area contributed by atoms with Crippen molar-refractivity contribution in [1.29, 1.82) is 0 Å². The molecule has 4 heteroatoms.